The minimum absolute atomic E-state index is 0.127. The minimum atomic E-state index is -0.991. The Hall–Kier alpha value is -4.21. The molecule has 0 spiro atoms. The third-order valence-electron chi connectivity index (χ3n) is 5.75. The van der Waals surface area contributed by atoms with Crippen LogP contribution in [0.5, 0.6) is 0 Å². The highest BCUT2D eigenvalue weighted by atomic mass is 16.4. The molecule has 1 saturated heterocycles. The molecule has 4 N–H and O–H groups in total. The maximum absolute atomic E-state index is 12.6. The van der Waals surface area contributed by atoms with Crippen molar-refractivity contribution >= 4 is 45.6 Å². The summed E-state index contributed by atoms with van der Waals surface area (Å²) in [4.78, 5) is 39.4. The first-order valence-corrected chi connectivity index (χ1v) is 10.5. The van der Waals surface area contributed by atoms with Crippen LogP contribution in [0, 0.1) is 6.92 Å². The molecule has 4 aromatic rings. The zero-order valence-electron chi connectivity index (χ0n) is 17.9. The molecule has 0 aliphatic carbocycles. The van der Waals surface area contributed by atoms with E-state index in [1.807, 2.05) is 24.3 Å². The molecule has 10 heteroatoms. The standard InChI is InChI=1S/C23H22N6O4/c1-12-26-20-15-4-2-3-5-17(15)33-21(20)22(27-12)29-11-14(9-16(29)23(31)32)28-19(30)8-13-6-7-18(24)25-10-13/h2-7,10,14,16H,8-9,11H2,1H3,(H2,24,25)(H,28,30)(H,31,32)/t14-,16-/m0/s1. The number of nitrogens with two attached hydrogens (primary N) is 1. The molecule has 33 heavy (non-hydrogen) atoms. The van der Waals surface area contributed by atoms with Gasteiger partial charge in [0.25, 0.3) is 0 Å². The first-order valence-electron chi connectivity index (χ1n) is 10.5. The topological polar surface area (TPSA) is 147 Å². The Balaban J connectivity index is 1.43. The van der Waals surface area contributed by atoms with E-state index in [-0.39, 0.29) is 31.3 Å². The summed E-state index contributed by atoms with van der Waals surface area (Å²) in [6.07, 6.45) is 1.92. The lowest BCUT2D eigenvalue weighted by Crippen LogP contribution is -2.39. The van der Waals surface area contributed by atoms with Gasteiger partial charge in [-0.15, -0.1) is 0 Å². The molecule has 1 aliphatic rings. The summed E-state index contributed by atoms with van der Waals surface area (Å²) >= 11 is 0. The number of aromatic nitrogens is 3. The number of hydrogen-bond acceptors (Lipinski definition) is 8. The summed E-state index contributed by atoms with van der Waals surface area (Å²) in [6.45, 7) is 2.04. The Morgan fingerprint density at radius 3 is 2.82 bits per heavy atom. The number of furan rings is 1. The van der Waals surface area contributed by atoms with E-state index in [1.165, 1.54) is 0 Å². The van der Waals surface area contributed by atoms with Crippen molar-refractivity contribution in [1.82, 2.24) is 20.3 Å². The van der Waals surface area contributed by atoms with Crippen molar-refractivity contribution in [3.63, 3.8) is 0 Å². The molecule has 4 heterocycles. The number of para-hydroxylation sites is 1. The van der Waals surface area contributed by atoms with Crippen LogP contribution < -0.4 is 16.0 Å². The predicted molar refractivity (Wildman–Crippen MR) is 122 cm³/mol. The third-order valence-corrected chi connectivity index (χ3v) is 5.75. The van der Waals surface area contributed by atoms with Gasteiger partial charge in [-0.1, -0.05) is 18.2 Å². The minimum Gasteiger partial charge on any atom is -0.480 e. The van der Waals surface area contributed by atoms with Crippen LogP contribution in [0.25, 0.3) is 22.1 Å². The monoisotopic (exact) mass is 446 g/mol. The van der Waals surface area contributed by atoms with Gasteiger partial charge in [0.05, 0.1) is 6.42 Å². The van der Waals surface area contributed by atoms with Crippen LogP contribution in [0.2, 0.25) is 0 Å². The van der Waals surface area contributed by atoms with Gasteiger partial charge < -0.3 is 25.5 Å². The molecule has 10 nitrogen and oxygen atoms in total. The van der Waals surface area contributed by atoms with Crippen LogP contribution >= 0.6 is 0 Å². The summed E-state index contributed by atoms with van der Waals surface area (Å²) in [5.41, 5.74) is 8.04. The van der Waals surface area contributed by atoms with Crippen molar-refractivity contribution in [2.75, 3.05) is 17.2 Å². The highest BCUT2D eigenvalue weighted by Gasteiger charge is 2.40. The maximum atomic E-state index is 12.6. The average molecular weight is 446 g/mol. The fraction of sp³-hybridized carbons (Fsp3) is 0.261. The van der Waals surface area contributed by atoms with Gasteiger partial charge >= 0.3 is 5.97 Å². The van der Waals surface area contributed by atoms with Crippen LogP contribution in [-0.2, 0) is 16.0 Å². The van der Waals surface area contributed by atoms with Crippen LogP contribution in [0.1, 0.15) is 17.8 Å². The molecule has 0 bridgehead atoms. The van der Waals surface area contributed by atoms with E-state index in [4.69, 9.17) is 10.2 Å². The van der Waals surface area contributed by atoms with Crippen LogP contribution in [-0.4, -0.2) is 50.6 Å². The highest BCUT2D eigenvalue weighted by Crippen LogP contribution is 2.35. The molecular formula is C23H22N6O4. The van der Waals surface area contributed by atoms with Crippen molar-refractivity contribution in [1.29, 1.82) is 0 Å². The number of carboxylic acids is 1. The van der Waals surface area contributed by atoms with Gasteiger partial charge in [0.2, 0.25) is 5.91 Å². The summed E-state index contributed by atoms with van der Waals surface area (Å²) in [7, 11) is 0. The van der Waals surface area contributed by atoms with Crippen LogP contribution in [0.3, 0.4) is 0 Å². The lowest BCUT2D eigenvalue weighted by molar-refractivity contribution is -0.138. The Morgan fingerprint density at radius 2 is 2.06 bits per heavy atom. The molecular weight excluding hydrogens is 424 g/mol. The van der Waals surface area contributed by atoms with Gasteiger partial charge in [-0.05, 0) is 30.7 Å². The number of anilines is 2. The number of aliphatic carboxylic acids is 1. The first kappa shape index (κ1) is 20.7. The fourth-order valence-corrected chi connectivity index (χ4v) is 4.29. The normalized spacial score (nSPS) is 18.2. The fourth-order valence-electron chi connectivity index (χ4n) is 4.29. The second kappa shape index (κ2) is 8.05. The number of nitrogens with zero attached hydrogens (tertiary/aromatic N) is 4. The number of amides is 1. The second-order valence-corrected chi connectivity index (χ2v) is 8.15. The second-order valence-electron chi connectivity index (χ2n) is 8.15. The number of aryl methyl sites for hydroxylation is 1. The Kier molecular flexibility index (Phi) is 5.04. The number of carbonyl (C=O) groups is 2. The van der Waals surface area contributed by atoms with Crippen molar-refractivity contribution in [3.8, 4) is 0 Å². The van der Waals surface area contributed by atoms with Crippen molar-refractivity contribution in [3.05, 3.63) is 54.0 Å². The number of rotatable bonds is 5. The number of fused-ring (bicyclic) bond motifs is 3. The van der Waals surface area contributed by atoms with Gasteiger partial charge in [0.1, 0.15) is 28.8 Å². The number of pyridine rings is 1. The lowest BCUT2D eigenvalue weighted by Gasteiger charge is -2.22. The smallest absolute Gasteiger partial charge is 0.326 e. The molecule has 2 atom stereocenters. The van der Waals surface area contributed by atoms with Gasteiger partial charge in [-0.2, -0.15) is 0 Å². The summed E-state index contributed by atoms with van der Waals surface area (Å²) in [5, 5.41) is 13.7. The number of benzene rings is 1. The quantitative estimate of drug-likeness (QED) is 0.419. The maximum Gasteiger partial charge on any atom is 0.326 e. The number of carbonyl (C=O) groups excluding carboxylic acids is 1. The molecule has 0 radical (unpaired) electrons. The predicted octanol–water partition coefficient (Wildman–Crippen LogP) is 2.05. The van der Waals surface area contributed by atoms with E-state index in [2.05, 4.69) is 20.3 Å². The van der Waals surface area contributed by atoms with Gasteiger partial charge in [-0.25, -0.2) is 19.7 Å². The van der Waals surface area contributed by atoms with E-state index < -0.39 is 12.0 Å². The summed E-state index contributed by atoms with van der Waals surface area (Å²) in [6, 6.07) is 9.65. The molecule has 3 aromatic heterocycles. The molecule has 1 aromatic carbocycles. The average Bonchev–Trinajstić information content (AvgIpc) is 3.36. The SMILES string of the molecule is Cc1nc(N2C[C@@H](NC(=O)Cc3ccc(N)nc3)C[C@H]2C(=O)O)c2oc3ccccc3c2n1. The Bertz CT molecular complexity index is 1370. The van der Waals surface area contributed by atoms with Crippen molar-refractivity contribution in [2.24, 2.45) is 0 Å². The molecule has 5 rings (SSSR count). The molecule has 1 amide bonds. The van der Waals surface area contributed by atoms with Gasteiger partial charge in [0.15, 0.2) is 11.4 Å². The third kappa shape index (κ3) is 3.91. The summed E-state index contributed by atoms with van der Waals surface area (Å²) in [5.74, 6) is 0.101. The first-order chi connectivity index (χ1) is 15.9. The molecule has 168 valence electrons. The number of nitrogens with one attached hydrogen (secondary N) is 1. The highest BCUT2D eigenvalue weighted by molar-refractivity contribution is 6.06. The van der Waals surface area contributed by atoms with Crippen molar-refractivity contribution in [2.45, 2.75) is 31.8 Å². The van der Waals surface area contributed by atoms with E-state index in [0.29, 0.717) is 34.1 Å². The van der Waals surface area contributed by atoms with Gasteiger partial charge in [-0.3, -0.25) is 4.79 Å². The van der Waals surface area contributed by atoms with Gasteiger partial charge in [0, 0.05) is 30.6 Å². The number of carboxylic acid groups (broad SMARTS) is 1. The van der Waals surface area contributed by atoms with Crippen LogP contribution in [0.4, 0.5) is 11.6 Å². The molecule has 1 aliphatic heterocycles. The molecule has 1 fully saturated rings. The number of nitrogen functional groups attached to an aromatic ring is 1. The Morgan fingerprint density at radius 1 is 1.24 bits per heavy atom. The molecule has 0 saturated carbocycles. The largest absolute Gasteiger partial charge is 0.480 e. The Labute approximate surface area is 188 Å². The zero-order chi connectivity index (χ0) is 23.1. The van der Waals surface area contributed by atoms with E-state index in [1.54, 1.807) is 30.2 Å². The zero-order valence-corrected chi connectivity index (χ0v) is 17.9. The van der Waals surface area contributed by atoms with Crippen molar-refractivity contribution < 1.29 is 19.1 Å². The summed E-state index contributed by atoms with van der Waals surface area (Å²) < 4.78 is 6.02. The van der Waals surface area contributed by atoms with E-state index >= 15 is 0 Å². The molecule has 0 unspecified atom stereocenters. The number of hydrogen-bond donors (Lipinski definition) is 3. The van der Waals surface area contributed by atoms with E-state index in [0.717, 1.165) is 10.9 Å². The lowest BCUT2D eigenvalue weighted by atomic mass is 10.1. The van der Waals surface area contributed by atoms with E-state index in [9.17, 15) is 14.7 Å². The van der Waals surface area contributed by atoms with Crippen LogP contribution in [0.15, 0.2) is 47.0 Å².